The third-order valence-corrected chi connectivity index (χ3v) is 2.54. The van der Waals surface area contributed by atoms with Crippen molar-refractivity contribution in [2.75, 3.05) is 25.0 Å². The van der Waals surface area contributed by atoms with Gasteiger partial charge in [-0.1, -0.05) is 0 Å². The van der Waals surface area contributed by atoms with Gasteiger partial charge in [0, 0.05) is 6.54 Å². The second-order valence-corrected chi connectivity index (χ2v) is 4.18. The molecule has 0 saturated heterocycles. The van der Waals surface area contributed by atoms with E-state index in [0.29, 0.717) is 17.0 Å². The summed E-state index contributed by atoms with van der Waals surface area (Å²) in [5.74, 6) is -1.16. The quantitative estimate of drug-likeness (QED) is 0.816. The van der Waals surface area contributed by atoms with Gasteiger partial charge in [0.2, 0.25) is 0 Å². The maximum absolute atomic E-state index is 12.9. The molecule has 0 unspecified atom stereocenters. The molecule has 0 atom stereocenters. The Labute approximate surface area is 121 Å². The summed E-state index contributed by atoms with van der Waals surface area (Å²) >= 11 is 0. The van der Waals surface area contributed by atoms with Gasteiger partial charge in [0.25, 0.3) is 6.43 Å². The van der Waals surface area contributed by atoms with Crippen LogP contribution in [-0.2, 0) is 6.18 Å². The molecule has 0 bridgehead atoms. The zero-order valence-corrected chi connectivity index (χ0v) is 11.0. The van der Waals surface area contributed by atoms with Crippen LogP contribution in [0.3, 0.4) is 0 Å². The van der Waals surface area contributed by atoms with Crippen LogP contribution in [-0.4, -0.2) is 42.2 Å². The highest BCUT2D eigenvalue weighted by Gasteiger charge is 2.34. The van der Waals surface area contributed by atoms with Crippen molar-refractivity contribution in [1.82, 2.24) is 4.90 Å². The lowest BCUT2D eigenvalue weighted by atomic mass is 10.1. The van der Waals surface area contributed by atoms with E-state index >= 15 is 0 Å². The highest BCUT2D eigenvalue weighted by atomic mass is 19.4. The number of nitrogens with one attached hydrogen (secondary N) is 1. The van der Waals surface area contributed by atoms with E-state index in [1.165, 1.54) is 0 Å². The molecule has 10 heteroatoms. The Morgan fingerprint density at radius 2 is 1.95 bits per heavy atom. The van der Waals surface area contributed by atoms with Crippen LogP contribution in [0.4, 0.5) is 36.8 Å². The Kier molecular flexibility index (Phi) is 6.03. The summed E-state index contributed by atoms with van der Waals surface area (Å²) in [4.78, 5) is 12.2. The first kappa shape index (κ1) is 18.1. The lowest BCUT2D eigenvalue weighted by Gasteiger charge is -2.23. The summed E-state index contributed by atoms with van der Waals surface area (Å²) in [5, 5.41) is 10.5. The van der Waals surface area contributed by atoms with E-state index in [9.17, 15) is 31.1 Å². The van der Waals surface area contributed by atoms with Gasteiger partial charge in [-0.05, 0) is 18.2 Å². The number of alkyl halides is 5. The standard InChI is InChI=1S/C12H12F6N2O2/c13-7-1-2-9(8(5-7)12(16,17)18)19-11(22)20(3-4-21)6-10(14)15/h1-2,5,10,21H,3-4,6H2,(H,19,22). The molecule has 0 saturated carbocycles. The topological polar surface area (TPSA) is 52.6 Å². The van der Waals surface area contributed by atoms with E-state index in [1.54, 1.807) is 5.32 Å². The van der Waals surface area contributed by atoms with Crippen molar-refractivity contribution in [1.29, 1.82) is 0 Å². The van der Waals surface area contributed by atoms with Crippen LogP contribution >= 0.6 is 0 Å². The predicted molar refractivity (Wildman–Crippen MR) is 65.1 cm³/mol. The molecular formula is C12H12F6N2O2. The number of halogens is 6. The minimum atomic E-state index is -4.94. The lowest BCUT2D eigenvalue weighted by molar-refractivity contribution is -0.137. The average Bonchev–Trinajstić information content (AvgIpc) is 2.38. The minimum absolute atomic E-state index is 0.180. The molecule has 0 fully saturated rings. The van der Waals surface area contributed by atoms with Crippen molar-refractivity contribution in [3.8, 4) is 0 Å². The maximum atomic E-state index is 12.9. The number of carbonyl (C=O) groups is 1. The molecule has 0 aliphatic carbocycles. The Morgan fingerprint density at radius 3 is 2.45 bits per heavy atom. The van der Waals surface area contributed by atoms with Crippen LogP contribution in [0.5, 0.6) is 0 Å². The zero-order chi connectivity index (χ0) is 16.9. The summed E-state index contributed by atoms with van der Waals surface area (Å²) in [6.45, 7) is -2.19. The Hall–Kier alpha value is -1.97. The first-order valence-electron chi connectivity index (χ1n) is 5.97. The van der Waals surface area contributed by atoms with Gasteiger partial charge in [-0.25, -0.2) is 18.0 Å². The van der Waals surface area contributed by atoms with Crippen molar-refractivity contribution in [3.05, 3.63) is 29.6 Å². The maximum Gasteiger partial charge on any atom is 0.418 e. The predicted octanol–water partition coefficient (Wildman–Crippen LogP) is 2.94. The van der Waals surface area contributed by atoms with Crippen molar-refractivity contribution in [2.45, 2.75) is 12.6 Å². The fourth-order valence-electron chi connectivity index (χ4n) is 1.62. The van der Waals surface area contributed by atoms with Crippen molar-refractivity contribution >= 4 is 11.7 Å². The van der Waals surface area contributed by atoms with Crippen LogP contribution in [0.1, 0.15) is 5.56 Å². The van der Waals surface area contributed by atoms with Gasteiger partial charge in [0.05, 0.1) is 24.4 Å². The summed E-state index contributed by atoms with van der Waals surface area (Å²) in [5.41, 5.74) is -2.21. The van der Waals surface area contributed by atoms with Crippen LogP contribution in [0.2, 0.25) is 0 Å². The van der Waals surface area contributed by atoms with Crippen molar-refractivity contribution < 1.29 is 36.2 Å². The number of aliphatic hydroxyl groups is 1. The number of amides is 2. The number of urea groups is 1. The molecule has 1 rings (SSSR count). The molecule has 0 aromatic heterocycles. The number of anilines is 1. The smallest absolute Gasteiger partial charge is 0.395 e. The van der Waals surface area contributed by atoms with Gasteiger partial charge in [-0.3, -0.25) is 0 Å². The Bertz CT molecular complexity index is 521. The molecular weight excluding hydrogens is 318 g/mol. The summed E-state index contributed by atoms with van der Waals surface area (Å²) in [6, 6.07) is 0.287. The number of rotatable bonds is 5. The third-order valence-electron chi connectivity index (χ3n) is 2.54. The van der Waals surface area contributed by atoms with Crippen molar-refractivity contribution in [2.24, 2.45) is 0 Å². The van der Waals surface area contributed by atoms with Gasteiger partial charge < -0.3 is 15.3 Å². The first-order valence-corrected chi connectivity index (χ1v) is 5.97. The number of hydrogen-bond donors (Lipinski definition) is 2. The number of nitrogens with zero attached hydrogens (tertiary/aromatic N) is 1. The van der Waals surface area contributed by atoms with E-state index in [0.717, 1.165) is 0 Å². The number of aliphatic hydroxyl groups excluding tert-OH is 1. The van der Waals surface area contributed by atoms with E-state index in [2.05, 4.69) is 0 Å². The van der Waals surface area contributed by atoms with Gasteiger partial charge in [-0.2, -0.15) is 13.2 Å². The van der Waals surface area contributed by atoms with Gasteiger partial charge in [-0.15, -0.1) is 0 Å². The monoisotopic (exact) mass is 330 g/mol. The largest absolute Gasteiger partial charge is 0.418 e. The van der Waals surface area contributed by atoms with E-state index in [1.807, 2.05) is 0 Å². The lowest BCUT2D eigenvalue weighted by Crippen LogP contribution is -2.40. The molecule has 0 aliphatic heterocycles. The molecule has 1 aromatic rings. The fourth-order valence-corrected chi connectivity index (χ4v) is 1.62. The SMILES string of the molecule is O=C(Nc1ccc(F)cc1C(F)(F)F)N(CCO)CC(F)F. The van der Waals surface area contributed by atoms with Crippen molar-refractivity contribution in [3.63, 3.8) is 0 Å². The Balaban J connectivity index is 3.00. The molecule has 4 nitrogen and oxygen atoms in total. The number of benzene rings is 1. The van der Waals surface area contributed by atoms with Gasteiger partial charge in [0.15, 0.2) is 0 Å². The minimum Gasteiger partial charge on any atom is -0.395 e. The van der Waals surface area contributed by atoms with E-state index in [4.69, 9.17) is 5.11 Å². The first-order chi connectivity index (χ1) is 10.1. The normalized spacial score (nSPS) is 11.6. The number of hydrogen-bond acceptors (Lipinski definition) is 2. The van der Waals surface area contributed by atoms with Crippen LogP contribution in [0.15, 0.2) is 18.2 Å². The van der Waals surface area contributed by atoms with Crippen LogP contribution in [0, 0.1) is 5.82 Å². The molecule has 1 aromatic carbocycles. The second kappa shape index (κ2) is 7.34. The molecule has 0 aliphatic rings. The Morgan fingerprint density at radius 1 is 1.32 bits per heavy atom. The summed E-state index contributed by atoms with van der Waals surface area (Å²) < 4.78 is 75.7. The summed E-state index contributed by atoms with van der Waals surface area (Å²) in [6.07, 6.45) is -7.86. The highest BCUT2D eigenvalue weighted by Crippen LogP contribution is 2.35. The molecule has 2 N–H and O–H groups in total. The fraction of sp³-hybridized carbons (Fsp3) is 0.417. The van der Waals surface area contributed by atoms with E-state index in [-0.39, 0.29) is 6.07 Å². The zero-order valence-electron chi connectivity index (χ0n) is 11.0. The van der Waals surface area contributed by atoms with Gasteiger partial charge >= 0.3 is 12.2 Å². The molecule has 0 spiro atoms. The third kappa shape index (κ3) is 5.10. The molecule has 22 heavy (non-hydrogen) atoms. The molecule has 0 heterocycles. The second-order valence-electron chi connectivity index (χ2n) is 4.18. The molecule has 0 radical (unpaired) electrons. The number of carbonyl (C=O) groups excluding carboxylic acids is 1. The van der Waals surface area contributed by atoms with Crippen LogP contribution in [0.25, 0.3) is 0 Å². The van der Waals surface area contributed by atoms with Gasteiger partial charge in [0.1, 0.15) is 5.82 Å². The molecule has 124 valence electrons. The highest BCUT2D eigenvalue weighted by molar-refractivity contribution is 5.90. The van der Waals surface area contributed by atoms with E-state index < -0.39 is 55.4 Å². The van der Waals surface area contributed by atoms with Crippen LogP contribution < -0.4 is 5.32 Å². The molecule has 2 amide bonds. The average molecular weight is 330 g/mol. The summed E-state index contributed by atoms with van der Waals surface area (Å²) in [7, 11) is 0.